The largest absolute Gasteiger partial charge is 0.483 e. The highest BCUT2D eigenvalue weighted by Crippen LogP contribution is 2.36. The maximum Gasteiger partial charge on any atom is 0.363 e. The van der Waals surface area contributed by atoms with Gasteiger partial charge >= 0.3 is 5.97 Å². The van der Waals surface area contributed by atoms with Gasteiger partial charge in [-0.3, -0.25) is 4.79 Å². The van der Waals surface area contributed by atoms with Gasteiger partial charge < -0.3 is 9.47 Å². The van der Waals surface area contributed by atoms with Crippen LogP contribution >= 0.6 is 43.5 Å². The molecule has 0 atom stereocenters. The van der Waals surface area contributed by atoms with Gasteiger partial charge in [0.2, 0.25) is 5.90 Å². The van der Waals surface area contributed by atoms with Crippen molar-refractivity contribution >= 4 is 67.2 Å². The van der Waals surface area contributed by atoms with Gasteiger partial charge in [-0.1, -0.05) is 54.1 Å². The number of carbonyl (C=O) groups excluding carboxylic acids is 2. The van der Waals surface area contributed by atoms with Crippen molar-refractivity contribution < 1.29 is 19.1 Å². The van der Waals surface area contributed by atoms with Crippen molar-refractivity contribution in [1.82, 2.24) is 0 Å². The Balaban J connectivity index is 1.54. The molecule has 8 heteroatoms. The summed E-state index contributed by atoms with van der Waals surface area (Å²) in [6.45, 7) is -0.112. The Morgan fingerprint density at radius 3 is 2.38 bits per heavy atom. The topological polar surface area (TPSA) is 65.0 Å². The summed E-state index contributed by atoms with van der Waals surface area (Å²) in [7, 11) is 0. The minimum Gasteiger partial charge on any atom is -0.483 e. The van der Waals surface area contributed by atoms with Gasteiger partial charge in [0.25, 0.3) is 0 Å². The molecule has 0 unspecified atom stereocenters. The number of esters is 1. The van der Waals surface area contributed by atoms with Crippen LogP contribution in [0.1, 0.15) is 21.5 Å². The zero-order valence-electron chi connectivity index (χ0n) is 16.3. The van der Waals surface area contributed by atoms with E-state index in [2.05, 4.69) is 36.9 Å². The summed E-state index contributed by atoms with van der Waals surface area (Å²) < 4.78 is 12.2. The lowest BCUT2D eigenvalue weighted by Gasteiger charge is -2.11. The Labute approximate surface area is 206 Å². The molecule has 0 N–H and O–H groups in total. The van der Waals surface area contributed by atoms with Crippen LogP contribution < -0.4 is 4.74 Å². The lowest BCUT2D eigenvalue weighted by molar-refractivity contribution is -0.129. The summed E-state index contributed by atoms with van der Waals surface area (Å²) in [5.41, 5.74) is 1.95. The number of ketones is 1. The number of Topliss-reactive ketones (excluding diaryl/α,β-unsaturated/α-hetero) is 1. The molecule has 0 aliphatic carbocycles. The van der Waals surface area contributed by atoms with Gasteiger partial charge in [-0.05, 0) is 67.8 Å². The number of halogens is 3. The summed E-state index contributed by atoms with van der Waals surface area (Å²) in [6, 6.07) is 19.4. The van der Waals surface area contributed by atoms with E-state index in [4.69, 9.17) is 21.1 Å². The minimum absolute atomic E-state index is 0.112. The van der Waals surface area contributed by atoms with Gasteiger partial charge in [-0.15, -0.1) is 0 Å². The fourth-order valence-electron chi connectivity index (χ4n) is 2.96. The molecule has 5 nitrogen and oxygen atoms in total. The first-order valence-corrected chi connectivity index (χ1v) is 11.4. The SMILES string of the molecule is O=C1OC(c2ccccc2Cl)=N/C1=C\c1cc(Br)c(OCC(=O)c2ccccc2)c(Br)c1. The van der Waals surface area contributed by atoms with E-state index in [1.165, 1.54) is 0 Å². The molecule has 0 fully saturated rings. The first kappa shape index (κ1) is 22.5. The van der Waals surface area contributed by atoms with Gasteiger partial charge in [0.1, 0.15) is 5.75 Å². The van der Waals surface area contributed by atoms with Crippen molar-refractivity contribution in [2.24, 2.45) is 4.99 Å². The number of rotatable bonds is 6. The molecule has 0 bridgehead atoms. The molecule has 0 amide bonds. The number of nitrogens with zero attached hydrogens (tertiary/aromatic N) is 1. The van der Waals surface area contributed by atoms with Crippen LogP contribution in [-0.2, 0) is 9.53 Å². The van der Waals surface area contributed by atoms with Gasteiger partial charge in [0, 0.05) is 5.56 Å². The van der Waals surface area contributed by atoms with Crippen molar-refractivity contribution in [1.29, 1.82) is 0 Å². The second-order valence-corrected chi connectivity index (χ2v) is 8.82. The summed E-state index contributed by atoms with van der Waals surface area (Å²) in [5, 5.41) is 0.442. The average molecular weight is 576 g/mol. The molecule has 0 saturated carbocycles. The summed E-state index contributed by atoms with van der Waals surface area (Å²) in [5.74, 6) is -0.0678. The Bertz CT molecular complexity index is 1250. The normalized spacial score (nSPS) is 14.3. The predicted molar refractivity (Wildman–Crippen MR) is 130 cm³/mol. The van der Waals surface area contributed by atoms with E-state index in [1.807, 2.05) is 6.07 Å². The summed E-state index contributed by atoms with van der Waals surface area (Å²) in [6.07, 6.45) is 1.60. The molecule has 3 aromatic rings. The predicted octanol–water partition coefficient (Wildman–Crippen LogP) is 6.47. The molecule has 0 saturated heterocycles. The van der Waals surface area contributed by atoms with Crippen molar-refractivity contribution in [2.75, 3.05) is 6.61 Å². The molecular formula is C24H14Br2ClNO4. The molecule has 3 aromatic carbocycles. The van der Waals surface area contributed by atoms with E-state index in [0.29, 0.717) is 36.4 Å². The van der Waals surface area contributed by atoms with Gasteiger partial charge in [0.15, 0.2) is 18.1 Å². The van der Waals surface area contributed by atoms with E-state index in [0.717, 1.165) is 0 Å². The standard InChI is InChI=1S/C24H14Br2ClNO4/c25-17-10-14(11-18(26)22(17)31-13-21(29)15-6-2-1-3-7-15)12-20-24(30)32-23(28-20)16-8-4-5-9-19(16)27/h1-12H,13H2/b20-12-. The smallest absolute Gasteiger partial charge is 0.363 e. The molecule has 160 valence electrons. The van der Waals surface area contributed by atoms with Crippen LogP contribution in [0.25, 0.3) is 6.08 Å². The molecular weight excluding hydrogens is 562 g/mol. The van der Waals surface area contributed by atoms with Gasteiger partial charge in [0.05, 0.1) is 19.5 Å². The van der Waals surface area contributed by atoms with Gasteiger partial charge in [-0.2, -0.15) is 0 Å². The van der Waals surface area contributed by atoms with E-state index in [1.54, 1.807) is 66.7 Å². The van der Waals surface area contributed by atoms with Crippen molar-refractivity contribution in [3.8, 4) is 5.75 Å². The number of aliphatic imine (C=N–C) groups is 1. The Morgan fingerprint density at radius 1 is 1.03 bits per heavy atom. The number of carbonyl (C=O) groups is 2. The van der Waals surface area contributed by atoms with Crippen LogP contribution in [0.5, 0.6) is 5.75 Å². The van der Waals surface area contributed by atoms with E-state index >= 15 is 0 Å². The quantitative estimate of drug-likeness (QED) is 0.192. The molecule has 1 heterocycles. The third-order valence-corrected chi connectivity index (χ3v) is 6.00. The van der Waals surface area contributed by atoms with Crippen molar-refractivity contribution in [3.05, 3.63) is 103 Å². The molecule has 0 radical (unpaired) electrons. The molecule has 0 spiro atoms. The second-order valence-electron chi connectivity index (χ2n) is 6.71. The highest BCUT2D eigenvalue weighted by atomic mass is 79.9. The number of hydrogen-bond acceptors (Lipinski definition) is 5. The van der Waals surface area contributed by atoms with Crippen LogP contribution in [0.15, 0.2) is 86.4 Å². The van der Waals surface area contributed by atoms with Crippen molar-refractivity contribution in [3.63, 3.8) is 0 Å². The minimum atomic E-state index is -0.569. The zero-order chi connectivity index (χ0) is 22.7. The number of hydrogen-bond donors (Lipinski definition) is 0. The monoisotopic (exact) mass is 573 g/mol. The molecule has 4 rings (SSSR count). The zero-order valence-corrected chi connectivity index (χ0v) is 20.3. The number of ether oxygens (including phenoxy) is 2. The highest BCUT2D eigenvalue weighted by Gasteiger charge is 2.25. The number of cyclic esters (lactones) is 1. The van der Waals surface area contributed by atoms with Crippen LogP contribution in [-0.4, -0.2) is 24.3 Å². The van der Waals surface area contributed by atoms with Crippen LogP contribution in [0.2, 0.25) is 5.02 Å². The van der Waals surface area contributed by atoms with Crippen LogP contribution in [0.4, 0.5) is 0 Å². The van der Waals surface area contributed by atoms with Gasteiger partial charge in [-0.25, -0.2) is 9.79 Å². The Morgan fingerprint density at radius 2 is 1.69 bits per heavy atom. The summed E-state index contributed by atoms with van der Waals surface area (Å²) >= 11 is 13.1. The molecule has 1 aliphatic rings. The maximum absolute atomic E-state index is 12.3. The maximum atomic E-state index is 12.3. The fourth-order valence-corrected chi connectivity index (χ4v) is 4.63. The average Bonchev–Trinajstić information content (AvgIpc) is 3.13. The Kier molecular flexibility index (Phi) is 6.89. The number of benzene rings is 3. The van der Waals surface area contributed by atoms with Crippen LogP contribution in [0, 0.1) is 0 Å². The first-order valence-electron chi connectivity index (χ1n) is 9.40. The molecule has 1 aliphatic heterocycles. The summed E-state index contributed by atoms with van der Waals surface area (Å²) in [4.78, 5) is 28.9. The molecule has 32 heavy (non-hydrogen) atoms. The fraction of sp³-hybridized carbons (Fsp3) is 0.0417. The lowest BCUT2D eigenvalue weighted by Crippen LogP contribution is -2.12. The van der Waals surface area contributed by atoms with E-state index < -0.39 is 5.97 Å². The van der Waals surface area contributed by atoms with Crippen LogP contribution in [0.3, 0.4) is 0 Å². The molecule has 0 aromatic heterocycles. The third kappa shape index (κ3) is 5.01. The van der Waals surface area contributed by atoms with E-state index in [-0.39, 0.29) is 24.0 Å². The Hall–Kier alpha value is -2.74. The first-order chi connectivity index (χ1) is 15.4. The highest BCUT2D eigenvalue weighted by molar-refractivity contribution is 9.11. The second kappa shape index (κ2) is 9.81. The van der Waals surface area contributed by atoms with Crippen molar-refractivity contribution in [2.45, 2.75) is 0 Å². The van der Waals surface area contributed by atoms with E-state index in [9.17, 15) is 9.59 Å². The lowest BCUT2D eigenvalue weighted by atomic mass is 10.1. The third-order valence-electron chi connectivity index (χ3n) is 4.49.